The zero-order valence-corrected chi connectivity index (χ0v) is 20.9. The number of benzene rings is 1. The Morgan fingerprint density at radius 1 is 1.22 bits per heavy atom. The van der Waals surface area contributed by atoms with Crippen molar-refractivity contribution in [1.29, 1.82) is 0 Å². The first-order chi connectivity index (χ1) is 17.3. The minimum atomic E-state index is -0.318. The van der Waals surface area contributed by atoms with Gasteiger partial charge in [-0.2, -0.15) is 5.10 Å². The third kappa shape index (κ3) is 5.09. The molecule has 3 aromatic rings. The minimum absolute atomic E-state index is 0.177. The summed E-state index contributed by atoms with van der Waals surface area (Å²) in [6, 6.07) is 7.25. The molecule has 2 aliphatic heterocycles. The normalized spacial score (nSPS) is 17.4. The molecule has 2 aromatic heterocycles. The van der Waals surface area contributed by atoms with Crippen LogP contribution in [0.2, 0.25) is 0 Å². The van der Waals surface area contributed by atoms with Crippen molar-refractivity contribution in [3.63, 3.8) is 0 Å². The number of aryl methyl sites for hydroxylation is 1. The average molecular weight is 491 g/mol. The zero-order valence-electron chi connectivity index (χ0n) is 20.9. The van der Waals surface area contributed by atoms with Gasteiger partial charge in [0.25, 0.3) is 0 Å². The average Bonchev–Trinajstić information content (AvgIpc) is 3.46. The largest absolute Gasteiger partial charge is 0.493 e. The highest BCUT2D eigenvalue weighted by molar-refractivity contribution is 5.85. The first kappa shape index (κ1) is 23.6. The summed E-state index contributed by atoms with van der Waals surface area (Å²) >= 11 is 0. The number of hydrogen-bond donors (Lipinski definition) is 2. The summed E-state index contributed by atoms with van der Waals surface area (Å²) in [6.45, 7) is 6.74. The summed E-state index contributed by atoms with van der Waals surface area (Å²) in [5.74, 6) is 1.75. The maximum atomic E-state index is 12.9. The molecular formula is C25H30N8O3. The van der Waals surface area contributed by atoms with Crippen molar-refractivity contribution in [3.05, 3.63) is 48.4 Å². The van der Waals surface area contributed by atoms with Gasteiger partial charge in [0, 0.05) is 36.0 Å². The van der Waals surface area contributed by atoms with Crippen LogP contribution in [0.1, 0.15) is 45.2 Å². The van der Waals surface area contributed by atoms with E-state index in [0.29, 0.717) is 18.5 Å². The molecule has 4 heterocycles. The number of ether oxygens (including phenoxy) is 1. The van der Waals surface area contributed by atoms with Gasteiger partial charge in [0.15, 0.2) is 6.67 Å². The number of nitrogens with zero attached hydrogens (tertiary/aromatic N) is 6. The first-order valence-corrected chi connectivity index (χ1v) is 11.9. The van der Waals surface area contributed by atoms with Crippen LogP contribution in [0.25, 0.3) is 11.3 Å². The monoisotopic (exact) mass is 490 g/mol. The number of rotatable bonds is 4. The van der Waals surface area contributed by atoms with E-state index in [9.17, 15) is 4.79 Å². The molecule has 0 spiro atoms. The molecule has 36 heavy (non-hydrogen) atoms. The molecule has 2 aliphatic rings. The molecule has 5 rings (SSSR count). The minimum Gasteiger partial charge on any atom is -0.493 e. The maximum Gasteiger partial charge on any atom is 0.352 e. The Morgan fingerprint density at radius 2 is 2.08 bits per heavy atom. The molecular weight excluding hydrogens is 460 g/mol. The number of aromatic nitrogens is 4. The van der Waals surface area contributed by atoms with E-state index in [-0.39, 0.29) is 24.2 Å². The van der Waals surface area contributed by atoms with Gasteiger partial charge in [-0.3, -0.25) is 4.68 Å². The molecule has 0 saturated heterocycles. The summed E-state index contributed by atoms with van der Waals surface area (Å²) in [6.07, 6.45) is 6.84. The Kier molecular flexibility index (Phi) is 6.21. The molecule has 1 aromatic carbocycles. The van der Waals surface area contributed by atoms with Crippen molar-refractivity contribution < 1.29 is 14.4 Å². The smallest absolute Gasteiger partial charge is 0.352 e. The Balaban J connectivity index is 1.32. The van der Waals surface area contributed by atoms with E-state index >= 15 is 0 Å². The van der Waals surface area contributed by atoms with Crippen molar-refractivity contribution in [1.82, 2.24) is 30.1 Å². The highest BCUT2D eigenvalue weighted by Gasteiger charge is 2.32. The number of anilines is 2. The number of aliphatic imine (C=N–C) groups is 1. The highest BCUT2D eigenvalue weighted by atomic mass is 16.7. The molecule has 1 atom stereocenters. The second kappa shape index (κ2) is 9.48. The molecule has 0 bridgehead atoms. The third-order valence-corrected chi connectivity index (χ3v) is 5.90. The Hall–Kier alpha value is -4.15. The Bertz CT molecular complexity index is 1300. The van der Waals surface area contributed by atoms with E-state index in [0.717, 1.165) is 41.1 Å². The quantitative estimate of drug-likeness (QED) is 0.563. The molecule has 2 amide bonds. The summed E-state index contributed by atoms with van der Waals surface area (Å²) in [5, 5.41) is 11.7. The Morgan fingerprint density at radius 3 is 2.83 bits per heavy atom. The lowest BCUT2D eigenvalue weighted by Crippen LogP contribution is -2.41. The SMILES string of the molecule is Cn1cc(Nc2nccc(-c3ccc4c(c3)OCCC[C@H]4NC(=O)N3CN=C(C(C)(C)C)O3)n2)cn1. The van der Waals surface area contributed by atoms with Gasteiger partial charge in [-0.15, -0.1) is 5.06 Å². The second-order valence-electron chi connectivity index (χ2n) is 9.86. The molecule has 0 radical (unpaired) electrons. The van der Waals surface area contributed by atoms with Crippen LogP contribution >= 0.6 is 0 Å². The fraction of sp³-hybridized carbons (Fsp3) is 0.400. The number of carbonyl (C=O) groups is 1. The van der Waals surface area contributed by atoms with E-state index in [1.54, 1.807) is 17.1 Å². The van der Waals surface area contributed by atoms with Gasteiger partial charge < -0.3 is 20.2 Å². The van der Waals surface area contributed by atoms with Gasteiger partial charge in [0.05, 0.1) is 30.2 Å². The van der Waals surface area contributed by atoms with Crippen molar-refractivity contribution in [3.8, 4) is 17.0 Å². The molecule has 188 valence electrons. The van der Waals surface area contributed by atoms with Gasteiger partial charge >= 0.3 is 6.03 Å². The van der Waals surface area contributed by atoms with Crippen molar-refractivity contribution in [2.45, 2.75) is 39.7 Å². The molecule has 0 aliphatic carbocycles. The number of hydrogen-bond acceptors (Lipinski definition) is 8. The van der Waals surface area contributed by atoms with Gasteiger partial charge in [0.1, 0.15) is 5.75 Å². The van der Waals surface area contributed by atoms with Crippen molar-refractivity contribution in [2.24, 2.45) is 17.5 Å². The predicted molar refractivity (Wildman–Crippen MR) is 135 cm³/mol. The third-order valence-electron chi connectivity index (χ3n) is 5.90. The lowest BCUT2D eigenvalue weighted by Gasteiger charge is -2.24. The molecule has 0 unspecified atom stereocenters. The summed E-state index contributed by atoms with van der Waals surface area (Å²) < 4.78 is 7.76. The molecule has 11 nitrogen and oxygen atoms in total. The van der Waals surface area contributed by atoms with E-state index in [1.165, 1.54) is 5.06 Å². The first-order valence-electron chi connectivity index (χ1n) is 11.9. The van der Waals surface area contributed by atoms with Crippen LogP contribution in [-0.2, 0) is 11.9 Å². The van der Waals surface area contributed by atoms with Crippen LogP contribution in [0.15, 0.2) is 47.8 Å². The number of nitrogens with one attached hydrogen (secondary N) is 2. The van der Waals surface area contributed by atoms with Crippen LogP contribution < -0.4 is 15.4 Å². The molecule has 0 saturated carbocycles. The van der Waals surface area contributed by atoms with Crippen LogP contribution in [0.4, 0.5) is 16.4 Å². The zero-order chi connectivity index (χ0) is 25.3. The Labute approximate surface area is 209 Å². The van der Waals surface area contributed by atoms with Crippen LogP contribution in [0.3, 0.4) is 0 Å². The lowest BCUT2D eigenvalue weighted by molar-refractivity contribution is -0.0128. The topological polar surface area (TPSA) is 119 Å². The highest BCUT2D eigenvalue weighted by Crippen LogP contribution is 2.35. The second-order valence-corrected chi connectivity index (χ2v) is 9.86. The van der Waals surface area contributed by atoms with E-state index in [4.69, 9.17) is 9.57 Å². The van der Waals surface area contributed by atoms with Gasteiger partial charge in [-0.25, -0.2) is 19.8 Å². The summed E-state index contributed by atoms with van der Waals surface area (Å²) in [5.41, 5.74) is 3.11. The molecule has 11 heteroatoms. The number of urea groups is 1. The number of hydroxylamine groups is 2. The fourth-order valence-corrected chi connectivity index (χ4v) is 4.07. The van der Waals surface area contributed by atoms with Crippen LogP contribution in [0, 0.1) is 5.41 Å². The number of fused-ring (bicyclic) bond motifs is 1. The molecule has 0 fully saturated rings. The number of amides is 2. The summed E-state index contributed by atoms with van der Waals surface area (Å²) in [4.78, 5) is 31.9. The fourth-order valence-electron chi connectivity index (χ4n) is 4.07. The van der Waals surface area contributed by atoms with Gasteiger partial charge in [0.2, 0.25) is 11.8 Å². The lowest BCUT2D eigenvalue weighted by atomic mass is 9.97. The van der Waals surface area contributed by atoms with Crippen LogP contribution in [-0.4, -0.2) is 50.0 Å². The molecule has 2 N–H and O–H groups in total. The van der Waals surface area contributed by atoms with Crippen molar-refractivity contribution in [2.75, 3.05) is 18.6 Å². The van der Waals surface area contributed by atoms with E-state index in [2.05, 4.69) is 30.7 Å². The predicted octanol–water partition coefficient (Wildman–Crippen LogP) is 4.19. The van der Waals surface area contributed by atoms with Crippen molar-refractivity contribution >= 4 is 23.6 Å². The van der Waals surface area contributed by atoms with Gasteiger partial charge in [-0.1, -0.05) is 32.9 Å². The van der Waals surface area contributed by atoms with Crippen LogP contribution in [0.5, 0.6) is 5.75 Å². The number of carbonyl (C=O) groups excluding carboxylic acids is 1. The van der Waals surface area contributed by atoms with E-state index in [1.807, 2.05) is 58.3 Å². The summed E-state index contributed by atoms with van der Waals surface area (Å²) in [7, 11) is 1.85. The maximum absolute atomic E-state index is 12.9. The standard InChI is InChI=1S/C25H30N8O3/c1-25(2,3)22-27-15-33(36-22)24(34)31-20-6-5-11-35-21-12-16(7-8-18(20)21)19-9-10-26-23(30-19)29-17-13-28-32(4)14-17/h7-10,12-14,20H,5-6,11,15H2,1-4H3,(H,31,34)(H,26,29,30)/t20-/m1/s1. The van der Waals surface area contributed by atoms with E-state index < -0.39 is 0 Å². The van der Waals surface area contributed by atoms with Gasteiger partial charge in [-0.05, 0) is 25.0 Å².